The Bertz CT molecular complexity index is 1410. The number of aromatic carboxylic acids is 1. The summed E-state index contributed by atoms with van der Waals surface area (Å²) < 4.78 is 29.4. The zero-order valence-corrected chi connectivity index (χ0v) is 20.2. The molecule has 3 aromatic carbocycles. The predicted molar refractivity (Wildman–Crippen MR) is 127 cm³/mol. The lowest BCUT2D eigenvalue weighted by molar-refractivity contribution is 0.0697. The number of benzene rings is 3. The van der Waals surface area contributed by atoms with Gasteiger partial charge in [-0.1, -0.05) is 59.3 Å². The van der Waals surface area contributed by atoms with Gasteiger partial charge in [-0.25, -0.2) is 17.9 Å². The van der Waals surface area contributed by atoms with E-state index in [1.807, 2.05) is 13.8 Å². The van der Waals surface area contributed by atoms with Crippen LogP contribution in [-0.2, 0) is 9.84 Å². The van der Waals surface area contributed by atoms with Crippen LogP contribution >= 0.6 is 15.9 Å². The van der Waals surface area contributed by atoms with Crippen LogP contribution in [-0.4, -0.2) is 34.5 Å². The standard InChI is InChI=1S/C24H20BrN3O4S/c1-15(2)16-7-13-21(14-8-16)33(31,32)23-22(17-3-9-19(25)10-4-17)28(27-26-23)20-11-5-18(6-12-20)24(29)30/h3-15H,1-2H3,(H,29,30). The van der Waals surface area contributed by atoms with E-state index in [0.717, 1.165) is 10.0 Å². The fourth-order valence-corrected chi connectivity index (χ4v) is 4.96. The first-order chi connectivity index (χ1) is 15.7. The van der Waals surface area contributed by atoms with Gasteiger partial charge in [-0.2, -0.15) is 0 Å². The van der Waals surface area contributed by atoms with Gasteiger partial charge < -0.3 is 5.11 Å². The number of sulfone groups is 1. The van der Waals surface area contributed by atoms with E-state index in [9.17, 15) is 18.3 Å². The minimum absolute atomic E-state index is 0.113. The molecule has 33 heavy (non-hydrogen) atoms. The highest BCUT2D eigenvalue weighted by Gasteiger charge is 2.29. The summed E-state index contributed by atoms with van der Waals surface area (Å²) in [7, 11) is -3.98. The van der Waals surface area contributed by atoms with E-state index in [-0.39, 0.29) is 21.4 Å². The molecule has 7 nitrogen and oxygen atoms in total. The van der Waals surface area contributed by atoms with Crippen LogP contribution in [0.2, 0.25) is 0 Å². The monoisotopic (exact) mass is 525 g/mol. The van der Waals surface area contributed by atoms with Crippen LogP contribution in [0.1, 0.15) is 35.7 Å². The van der Waals surface area contributed by atoms with Crippen LogP contribution < -0.4 is 0 Å². The highest BCUT2D eigenvalue weighted by atomic mass is 79.9. The zero-order valence-electron chi connectivity index (χ0n) is 17.8. The number of hydrogen-bond donors (Lipinski definition) is 1. The van der Waals surface area contributed by atoms with Gasteiger partial charge in [-0.15, -0.1) is 5.10 Å². The molecule has 0 amide bonds. The second kappa shape index (κ2) is 8.92. The van der Waals surface area contributed by atoms with E-state index >= 15 is 0 Å². The van der Waals surface area contributed by atoms with Crippen molar-refractivity contribution in [3.63, 3.8) is 0 Å². The quantitative estimate of drug-likeness (QED) is 0.364. The zero-order chi connectivity index (χ0) is 23.8. The van der Waals surface area contributed by atoms with Gasteiger partial charge in [-0.05, 0) is 60.0 Å². The molecule has 0 saturated carbocycles. The number of rotatable bonds is 6. The third-order valence-corrected chi connectivity index (χ3v) is 7.43. The molecular weight excluding hydrogens is 506 g/mol. The Kier molecular flexibility index (Phi) is 6.18. The third-order valence-electron chi connectivity index (χ3n) is 5.23. The summed E-state index contributed by atoms with van der Waals surface area (Å²) in [5.41, 5.74) is 2.52. The molecule has 0 bridgehead atoms. The van der Waals surface area contributed by atoms with E-state index < -0.39 is 15.8 Å². The second-order valence-corrected chi connectivity index (χ2v) is 10.5. The molecule has 0 unspecified atom stereocenters. The van der Waals surface area contributed by atoms with E-state index in [0.29, 0.717) is 16.9 Å². The molecule has 1 aromatic heterocycles. The summed E-state index contributed by atoms with van der Waals surface area (Å²) in [5, 5.41) is 17.2. The Morgan fingerprint density at radius 2 is 1.55 bits per heavy atom. The van der Waals surface area contributed by atoms with Crippen LogP contribution in [0.15, 0.2) is 87.2 Å². The molecule has 0 spiro atoms. The summed E-state index contributed by atoms with van der Waals surface area (Å²) in [6.45, 7) is 4.08. The molecule has 9 heteroatoms. The lowest BCUT2D eigenvalue weighted by Gasteiger charge is -2.10. The lowest BCUT2D eigenvalue weighted by Crippen LogP contribution is -2.06. The molecule has 0 aliphatic rings. The van der Waals surface area contributed by atoms with Gasteiger partial charge in [0.2, 0.25) is 14.9 Å². The minimum Gasteiger partial charge on any atom is -0.478 e. The third kappa shape index (κ3) is 4.46. The smallest absolute Gasteiger partial charge is 0.335 e. The Balaban J connectivity index is 1.89. The normalized spacial score (nSPS) is 11.6. The van der Waals surface area contributed by atoms with Crippen LogP contribution in [0.3, 0.4) is 0 Å². The van der Waals surface area contributed by atoms with Crippen LogP contribution in [0.25, 0.3) is 16.9 Å². The number of carbonyl (C=O) groups is 1. The summed E-state index contributed by atoms with van der Waals surface area (Å²) in [6, 6.07) is 19.9. The average molecular weight is 526 g/mol. The molecule has 168 valence electrons. The molecular formula is C24H20BrN3O4S. The fourth-order valence-electron chi connectivity index (χ4n) is 3.37. The van der Waals surface area contributed by atoms with Crippen molar-refractivity contribution in [2.75, 3.05) is 0 Å². The largest absolute Gasteiger partial charge is 0.478 e. The van der Waals surface area contributed by atoms with Crippen LogP contribution in [0, 0.1) is 0 Å². The molecule has 0 atom stereocenters. The van der Waals surface area contributed by atoms with Crippen molar-refractivity contribution in [3.8, 4) is 16.9 Å². The first-order valence-corrected chi connectivity index (χ1v) is 12.4. The number of nitrogens with zero attached hydrogens (tertiary/aromatic N) is 3. The number of carboxylic acids is 1. The molecule has 1 N–H and O–H groups in total. The maximum Gasteiger partial charge on any atom is 0.335 e. The number of halogens is 1. The van der Waals surface area contributed by atoms with Crippen molar-refractivity contribution in [1.82, 2.24) is 15.0 Å². The highest BCUT2D eigenvalue weighted by molar-refractivity contribution is 9.10. The van der Waals surface area contributed by atoms with Gasteiger partial charge in [0.05, 0.1) is 16.1 Å². The molecule has 0 aliphatic carbocycles. The van der Waals surface area contributed by atoms with Crippen molar-refractivity contribution >= 4 is 31.7 Å². The highest BCUT2D eigenvalue weighted by Crippen LogP contribution is 2.33. The topological polar surface area (TPSA) is 102 Å². The van der Waals surface area contributed by atoms with E-state index in [1.54, 1.807) is 60.7 Å². The fraction of sp³-hybridized carbons (Fsp3) is 0.125. The molecule has 0 aliphatic heterocycles. The van der Waals surface area contributed by atoms with Crippen LogP contribution in [0.4, 0.5) is 0 Å². The predicted octanol–water partition coefficient (Wildman–Crippen LogP) is 5.35. The SMILES string of the molecule is CC(C)c1ccc(S(=O)(=O)c2nnn(-c3ccc(C(=O)O)cc3)c2-c2ccc(Br)cc2)cc1. The van der Waals surface area contributed by atoms with Gasteiger partial charge in [0.25, 0.3) is 0 Å². The number of carboxylic acid groups (broad SMARTS) is 1. The summed E-state index contributed by atoms with van der Waals surface area (Å²) in [6.07, 6.45) is 0. The Morgan fingerprint density at radius 1 is 0.939 bits per heavy atom. The van der Waals surface area contributed by atoms with E-state index in [1.165, 1.54) is 16.8 Å². The first-order valence-electron chi connectivity index (χ1n) is 10.1. The first kappa shape index (κ1) is 22.9. The van der Waals surface area contributed by atoms with Gasteiger partial charge in [0, 0.05) is 10.0 Å². The Morgan fingerprint density at radius 3 is 2.09 bits per heavy atom. The molecule has 4 aromatic rings. The van der Waals surface area contributed by atoms with Crippen molar-refractivity contribution in [2.24, 2.45) is 0 Å². The lowest BCUT2D eigenvalue weighted by atomic mass is 10.0. The number of aromatic nitrogens is 3. The van der Waals surface area contributed by atoms with Gasteiger partial charge in [-0.3, -0.25) is 0 Å². The molecule has 4 rings (SSSR count). The molecule has 1 heterocycles. The summed E-state index contributed by atoms with van der Waals surface area (Å²) >= 11 is 3.39. The minimum atomic E-state index is -3.98. The van der Waals surface area contributed by atoms with Crippen molar-refractivity contribution < 1.29 is 18.3 Å². The van der Waals surface area contributed by atoms with Crippen LogP contribution in [0.5, 0.6) is 0 Å². The summed E-state index contributed by atoms with van der Waals surface area (Å²) in [5.74, 6) is -0.781. The van der Waals surface area contributed by atoms with Crippen molar-refractivity contribution in [3.05, 3.63) is 88.4 Å². The molecule has 0 fully saturated rings. The molecule has 0 saturated heterocycles. The average Bonchev–Trinajstić information content (AvgIpc) is 3.26. The molecule has 0 radical (unpaired) electrons. The van der Waals surface area contributed by atoms with Gasteiger partial charge in [0.1, 0.15) is 5.69 Å². The second-order valence-electron chi connectivity index (χ2n) is 7.74. The van der Waals surface area contributed by atoms with E-state index in [2.05, 4.69) is 26.2 Å². The van der Waals surface area contributed by atoms with E-state index in [4.69, 9.17) is 0 Å². The van der Waals surface area contributed by atoms with Gasteiger partial charge in [0.15, 0.2) is 0 Å². The maximum atomic E-state index is 13.6. The number of hydrogen-bond acceptors (Lipinski definition) is 5. The maximum absolute atomic E-state index is 13.6. The Labute approximate surface area is 199 Å². The van der Waals surface area contributed by atoms with Gasteiger partial charge >= 0.3 is 5.97 Å². The summed E-state index contributed by atoms with van der Waals surface area (Å²) in [4.78, 5) is 11.3. The Hall–Kier alpha value is -3.30. The van der Waals surface area contributed by atoms with Crippen molar-refractivity contribution in [2.45, 2.75) is 29.7 Å². The van der Waals surface area contributed by atoms with Crippen molar-refractivity contribution in [1.29, 1.82) is 0 Å².